The van der Waals surface area contributed by atoms with Gasteiger partial charge in [-0.2, -0.15) is 0 Å². The number of aliphatic carboxylic acids is 1. The van der Waals surface area contributed by atoms with Crippen molar-refractivity contribution in [1.29, 1.82) is 0 Å². The van der Waals surface area contributed by atoms with Crippen LogP contribution in [0.3, 0.4) is 0 Å². The van der Waals surface area contributed by atoms with Gasteiger partial charge in [0.1, 0.15) is 10.8 Å². The Morgan fingerprint density at radius 3 is 2.96 bits per heavy atom. The van der Waals surface area contributed by atoms with Gasteiger partial charge in [0.2, 0.25) is 0 Å². The molecule has 0 radical (unpaired) electrons. The second-order valence-corrected chi connectivity index (χ2v) is 6.11. The van der Waals surface area contributed by atoms with Crippen molar-refractivity contribution in [2.75, 3.05) is 0 Å². The average Bonchev–Trinajstić information content (AvgIpc) is 3.04. The Hall–Kier alpha value is -2.01. The van der Waals surface area contributed by atoms with Crippen LogP contribution in [0, 0.1) is 6.92 Å². The van der Waals surface area contributed by atoms with Crippen LogP contribution in [0.25, 0.3) is 0 Å². The minimum Gasteiger partial charge on any atom is -0.481 e. The number of hydrogen-bond acceptors (Lipinski definition) is 8. The van der Waals surface area contributed by atoms with Crippen LogP contribution in [0.4, 0.5) is 0 Å². The van der Waals surface area contributed by atoms with Crippen molar-refractivity contribution in [3.63, 3.8) is 0 Å². The van der Waals surface area contributed by atoms with E-state index in [2.05, 4.69) is 10.2 Å². The molecule has 1 atom stereocenters. The molecule has 0 bridgehead atoms. The van der Waals surface area contributed by atoms with Crippen molar-refractivity contribution in [2.45, 2.75) is 26.0 Å². The first-order chi connectivity index (χ1) is 11.0. The molecule has 120 valence electrons. The number of ether oxygens (including phenoxy) is 1. The van der Waals surface area contributed by atoms with E-state index in [0.717, 1.165) is 5.56 Å². The normalized spacial score (nSPS) is 16.5. The Morgan fingerprint density at radius 2 is 2.30 bits per heavy atom. The number of rotatable bonds is 5. The first-order valence-corrected chi connectivity index (χ1v) is 7.69. The third-order valence-electron chi connectivity index (χ3n) is 3.46. The molecular formula is C13H14BN3O5S. The molecule has 1 aliphatic heterocycles. The predicted molar refractivity (Wildman–Crippen MR) is 82.7 cm³/mol. The summed E-state index contributed by atoms with van der Waals surface area (Å²) in [4.78, 5) is 10.9. The summed E-state index contributed by atoms with van der Waals surface area (Å²) in [6, 6.07) is 3.37. The van der Waals surface area contributed by atoms with E-state index >= 15 is 0 Å². The van der Waals surface area contributed by atoms with Crippen molar-refractivity contribution in [2.24, 2.45) is 5.73 Å². The van der Waals surface area contributed by atoms with Gasteiger partial charge < -0.3 is 25.3 Å². The largest absolute Gasteiger partial charge is 0.492 e. The zero-order chi connectivity index (χ0) is 16.6. The molecule has 0 saturated heterocycles. The summed E-state index contributed by atoms with van der Waals surface area (Å²) in [5.41, 5.74) is 7.46. The Labute approximate surface area is 136 Å². The molecule has 0 aliphatic carbocycles. The summed E-state index contributed by atoms with van der Waals surface area (Å²) >= 11 is 1.24. The average molecular weight is 335 g/mol. The summed E-state index contributed by atoms with van der Waals surface area (Å²) in [5, 5.41) is 27.7. The van der Waals surface area contributed by atoms with Crippen LogP contribution in [0.2, 0.25) is 0 Å². The molecule has 8 nitrogen and oxygen atoms in total. The number of nitrogens with two attached hydrogens (primary N) is 1. The van der Waals surface area contributed by atoms with Gasteiger partial charge >= 0.3 is 13.1 Å². The number of benzene rings is 1. The Morgan fingerprint density at radius 1 is 1.52 bits per heavy atom. The highest BCUT2D eigenvalue weighted by Gasteiger charge is 2.37. The third-order valence-corrected chi connectivity index (χ3v) is 4.29. The van der Waals surface area contributed by atoms with E-state index in [1.807, 2.05) is 6.92 Å². The van der Waals surface area contributed by atoms with Crippen molar-refractivity contribution < 1.29 is 24.3 Å². The van der Waals surface area contributed by atoms with Crippen LogP contribution in [-0.2, 0) is 16.0 Å². The molecule has 1 aromatic carbocycles. The van der Waals surface area contributed by atoms with Crippen molar-refractivity contribution in [3.8, 4) is 10.9 Å². The molecule has 2 aromatic rings. The van der Waals surface area contributed by atoms with E-state index in [0.29, 0.717) is 27.0 Å². The molecule has 1 unspecified atom stereocenters. The minimum atomic E-state index is -1.18. The third kappa shape index (κ3) is 3.20. The second kappa shape index (κ2) is 6.24. The number of aromatic nitrogens is 2. The summed E-state index contributed by atoms with van der Waals surface area (Å²) in [6.07, 6.45) is -0.876. The smallest absolute Gasteiger partial charge is 0.481 e. The van der Waals surface area contributed by atoms with E-state index in [1.54, 1.807) is 12.1 Å². The van der Waals surface area contributed by atoms with Gasteiger partial charge in [-0.15, -0.1) is 5.10 Å². The van der Waals surface area contributed by atoms with Gasteiger partial charge in [0.15, 0.2) is 0 Å². The Balaban J connectivity index is 1.89. The van der Waals surface area contributed by atoms with E-state index in [-0.39, 0.29) is 13.0 Å². The fourth-order valence-electron chi connectivity index (χ4n) is 2.56. The zero-order valence-corrected chi connectivity index (χ0v) is 13.0. The molecule has 0 spiro atoms. The van der Waals surface area contributed by atoms with Crippen LogP contribution >= 0.6 is 11.3 Å². The number of hydrogen-bond donors (Lipinski definition) is 3. The molecule has 0 fully saturated rings. The second-order valence-electron chi connectivity index (χ2n) is 5.09. The Bertz CT molecular complexity index is 753. The fraction of sp³-hybridized carbons (Fsp3) is 0.308. The van der Waals surface area contributed by atoms with Gasteiger partial charge in [-0.3, -0.25) is 4.79 Å². The number of nitrogens with zero attached hydrogens (tertiary/aromatic N) is 2. The summed E-state index contributed by atoms with van der Waals surface area (Å²) < 4.78 is 11.0. The lowest BCUT2D eigenvalue weighted by atomic mass is 9.77. The number of aryl methyl sites for hydroxylation is 1. The quantitative estimate of drug-likeness (QED) is 0.667. The fourth-order valence-corrected chi connectivity index (χ4v) is 3.15. The summed E-state index contributed by atoms with van der Waals surface area (Å²) in [7, 11) is -1.18. The highest BCUT2D eigenvalue weighted by molar-refractivity contribution is 7.13. The molecule has 23 heavy (non-hydrogen) atoms. The van der Waals surface area contributed by atoms with Crippen molar-refractivity contribution in [1.82, 2.24) is 10.2 Å². The van der Waals surface area contributed by atoms with E-state index in [4.69, 9.17) is 20.2 Å². The number of carboxylic acid groups (broad SMARTS) is 1. The topological polar surface area (TPSA) is 128 Å². The molecule has 1 aromatic heterocycles. The van der Waals surface area contributed by atoms with Crippen molar-refractivity contribution in [3.05, 3.63) is 28.3 Å². The summed E-state index contributed by atoms with van der Waals surface area (Å²) in [5.74, 6) is -0.516. The molecule has 2 heterocycles. The monoisotopic (exact) mass is 335 g/mol. The maximum Gasteiger partial charge on any atom is 0.492 e. The van der Waals surface area contributed by atoms with Gasteiger partial charge in [0.25, 0.3) is 5.19 Å². The number of carboxylic acids is 1. The van der Waals surface area contributed by atoms with E-state index in [9.17, 15) is 9.82 Å². The van der Waals surface area contributed by atoms with Crippen LogP contribution < -0.4 is 15.9 Å². The van der Waals surface area contributed by atoms with Gasteiger partial charge in [-0.05, 0) is 35.6 Å². The van der Waals surface area contributed by atoms with Gasteiger partial charge in [0, 0.05) is 6.54 Å². The Kier molecular flexibility index (Phi) is 4.31. The summed E-state index contributed by atoms with van der Waals surface area (Å²) in [6.45, 7) is 2.10. The van der Waals surface area contributed by atoms with Crippen LogP contribution in [-0.4, -0.2) is 33.4 Å². The highest BCUT2D eigenvalue weighted by atomic mass is 32.1. The van der Waals surface area contributed by atoms with Crippen LogP contribution in [0.1, 0.15) is 28.7 Å². The molecule has 1 aliphatic rings. The first-order valence-electron chi connectivity index (χ1n) is 6.88. The zero-order valence-electron chi connectivity index (χ0n) is 12.2. The molecule has 0 amide bonds. The SMILES string of the molecule is Cc1cc(Oc2nnc(CN)s2)cc2c1C(CC(=O)O)OB2O. The molecule has 3 rings (SSSR count). The van der Waals surface area contributed by atoms with Gasteiger partial charge in [0.05, 0.1) is 12.5 Å². The van der Waals surface area contributed by atoms with Crippen LogP contribution in [0.5, 0.6) is 10.9 Å². The maximum absolute atomic E-state index is 10.9. The van der Waals surface area contributed by atoms with Crippen molar-refractivity contribution >= 4 is 29.9 Å². The lowest BCUT2D eigenvalue weighted by Crippen LogP contribution is -2.28. The predicted octanol–water partition coefficient (Wildman–Crippen LogP) is 0.331. The molecule has 4 N–H and O–H groups in total. The lowest BCUT2D eigenvalue weighted by Gasteiger charge is -2.12. The van der Waals surface area contributed by atoms with E-state index < -0.39 is 19.2 Å². The van der Waals surface area contributed by atoms with Gasteiger partial charge in [-0.25, -0.2) is 0 Å². The standard InChI is InChI=1S/C13H14BN3O5S/c1-6-2-7(21-13-17-16-10(5-15)23-13)3-8-12(6)9(4-11(18)19)22-14(8)20/h2-3,9,20H,4-5,15H2,1H3,(H,18,19). The molecule has 10 heteroatoms. The van der Waals surface area contributed by atoms with Gasteiger partial charge in [-0.1, -0.05) is 16.4 Å². The minimum absolute atomic E-state index is 0.207. The molecule has 0 saturated carbocycles. The lowest BCUT2D eigenvalue weighted by molar-refractivity contribution is -0.138. The van der Waals surface area contributed by atoms with E-state index in [1.165, 1.54) is 11.3 Å². The van der Waals surface area contributed by atoms with Crippen LogP contribution in [0.15, 0.2) is 12.1 Å². The maximum atomic E-state index is 10.9. The highest BCUT2D eigenvalue weighted by Crippen LogP contribution is 2.33. The number of fused-ring (bicyclic) bond motifs is 1. The number of carbonyl (C=O) groups is 1. The first kappa shape index (κ1) is 15.9. The molecular weight excluding hydrogens is 321 g/mol.